The zero-order valence-corrected chi connectivity index (χ0v) is 13.7. The van der Waals surface area contributed by atoms with Gasteiger partial charge in [0.15, 0.2) is 5.96 Å². The van der Waals surface area contributed by atoms with Crippen LogP contribution in [0.15, 0.2) is 4.99 Å². The molecule has 0 saturated carbocycles. The van der Waals surface area contributed by atoms with E-state index in [4.69, 9.17) is 4.74 Å². The normalized spacial score (nSPS) is 14.6. The van der Waals surface area contributed by atoms with Crippen LogP contribution in [0.25, 0.3) is 0 Å². The number of carbonyl (C=O) groups is 1. The number of hydrogen-bond donors (Lipinski definition) is 2. The first-order chi connectivity index (χ1) is 9.58. The Balaban J connectivity index is 4.06. The number of guanidine groups is 1. The Kier molecular flexibility index (Phi) is 10.8. The first kappa shape index (κ1) is 18.7. The molecular formula is C15H31N3O2. The van der Waals surface area contributed by atoms with Gasteiger partial charge in [0.2, 0.25) is 0 Å². The van der Waals surface area contributed by atoms with E-state index in [9.17, 15) is 4.79 Å². The van der Waals surface area contributed by atoms with Crippen molar-refractivity contribution in [2.75, 3.05) is 27.2 Å². The molecule has 0 aliphatic rings. The molecule has 0 spiro atoms. The molecule has 0 radical (unpaired) electrons. The minimum absolute atomic E-state index is 0.180. The van der Waals surface area contributed by atoms with Gasteiger partial charge in [-0.1, -0.05) is 40.0 Å². The zero-order chi connectivity index (χ0) is 15.4. The third-order valence-corrected chi connectivity index (χ3v) is 3.50. The van der Waals surface area contributed by atoms with Crippen molar-refractivity contribution < 1.29 is 9.53 Å². The van der Waals surface area contributed by atoms with Crippen LogP contribution in [0, 0.1) is 11.8 Å². The Labute approximate surface area is 123 Å². The molecule has 0 heterocycles. The van der Waals surface area contributed by atoms with Crippen LogP contribution in [0.5, 0.6) is 0 Å². The van der Waals surface area contributed by atoms with Gasteiger partial charge in [-0.15, -0.1) is 0 Å². The molecule has 0 rings (SSSR count). The SMILES string of the molecule is CCCCC(CC)CNC(=NC)NCC(C)C(=O)OC. The standard InChI is InChI=1S/C15H31N3O2/c1-6-8-9-13(7-2)11-18-15(16-4)17-10-12(3)14(19)20-5/h12-13H,6-11H2,1-5H3,(H2,16,17,18). The van der Waals surface area contributed by atoms with Gasteiger partial charge in [0.05, 0.1) is 13.0 Å². The highest BCUT2D eigenvalue weighted by molar-refractivity contribution is 5.80. The molecule has 0 aromatic heterocycles. The maximum Gasteiger partial charge on any atom is 0.310 e. The number of ether oxygens (including phenoxy) is 1. The highest BCUT2D eigenvalue weighted by Crippen LogP contribution is 2.10. The van der Waals surface area contributed by atoms with E-state index in [-0.39, 0.29) is 11.9 Å². The lowest BCUT2D eigenvalue weighted by Crippen LogP contribution is -2.42. The summed E-state index contributed by atoms with van der Waals surface area (Å²) in [5, 5.41) is 6.49. The van der Waals surface area contributed by atoms with E-state index in [2.05, 4.69) is 29.5 Å². The lowest BCUT2D eigenvalue weighted by molar-refractivity contribution is -0.144. The van der Waals surface area contributed by atoms with Crippen molar-refractivity contribution >= 4 is 11.9 Å². The van der Waals surface area contributed by atoms with Crippen LogP contribution in [0.2, 0.25) is 0 Å². The maximum atomic E-state index is 11.3. The van der Waals surface area contributed by atoms with Crippen LogP contribution in [0.3, 0.4) is 0 Å². The number of rotatable bonds is 9. The van der Waals surface area contributed by atoms with Crippen LogP contribution in [0.4, 0.5) is 0 Å². The topological polar surface area (TPSA) is 62.7 Å². The summed E-state index contributed by atoms with van der Waals surface area (Å²) >= 11 is 0. The van der Waals surface area contributed by atoms with Crippen molar-refractivity contribution in [1.82, 2.24) is 10.6 Å². The molecule has 20 heavy (non-hydrogen) atoms. The predicted octanol–water partition coefficient (Wildman–Crippen LogP) is 2.18. The first-order valence-electron chi connectivity index (χ1n) is 7.61. The van der Waals surface area contributed by atoms with Crippen LogP contribution >= 0.6 is 0 Å². The summed E-state index contributed by atoms with van der Waals surface area (Å²) in [6.45, 7) is 7.72. The molecule has 0 saturated heterocycles. The summed E-state index contributed by atoms with van der Waals surface area (Å²) in [7, 11) is 3.15. The average molecular weight is 285 g/mol. The van der Waals surface area contributed by atoms with E-state index in [0.717, 1.165) is 12.5 Å². The molecule has 2 atom stereocenters. The van der Waals surface area contributed by atoms with E-state index >= 15 is 0 Å². The Bertz CT molecular complexity index is 293. The maximum absolute atomic E-state index is 11.3. The van der Waals surface area contributed by atoms with E-state index in [1.165, 1.54) is 32.8 Å². The second-order valence-corrected chi connectivity index (χ2v) is 5.17. The molecule has 118 valence electrons. The molecule has 0 bridgehead atoms. The summed E-state index contributed by atoms with van der Waals surface area (Å²) in [5.74, 6) is 1.03. The fourth-order valence-corrected chi connectivity index (χ4v) is 1.94. The van der Waals surface area contributed by atoms with Crippen LogP contribution in [-0.2, 0) is 9.53 Å². The second kappa shape index (κ2) is 11.6. The van der Waals surface area contributed by atoms with Crippen molar-refractivity contribution in [1.29, 1.82) is 0 Å². The number of carbonyl (C=O) groups excluding carboxylic acids is 1. The minimum Gasteiger partial charge on any atom is -0.469 e. The third-order valence-electron chi connectivity index (χ3n) is 3.50. The minimum atomic E-state index is -0.206. The third kappa shape index (κ3) is 8.02. The first-order valence-corrected chi connectivity index (χ1v) is 7.61. The molecule has 0 aromatic rings. The number of nitrogens with zero attached hydrogens (tertiary/aromatic N) is 1. The van der Waals surface area contributed by atoms with E-state index in [1.54, 1.807) is 7.05 Å². The molecule has 2 N–H and O–H groups in total. The quantitative estimate of drug-likeness (QED) is 0.387. The van der Waals surface area contributed by atoms with Gasteiger partial charge in [0.25, 0.3) is 0 Å². The van der Waals surface area contributed by atoms with Crippen molar-refractivity contribution in [3.05, 3.63) is 0 Å². The number of unbranched alkanes of at least 4 members (excludes halogenated alkanes) is 1. The molecule has 5 nitrogen and oxygen atoms in total. The smallest absolute Gasteiger partial charge is 0.310 e. The van der Waals surface area contributed by atoms with Crippen molar-refractivity contribution in [2.45, 2.75) is 46.5 Å². The molecule has 0 amide bonds. The molecule has 5 heteroatoms. The van der Waals surface area contributed by atoms with Gasteiger partial charge in [-0.2, -0.15) is 0 Å². The van der Waals surface area contributed by atoms with E-state index in [1.807, 2.05) is 6.92 Å². The summed E-state index contributed by atoms with van der Waals surface area (Å²) < 4.78 is 4.70. The lowest BCUT2D eigenvalue weighted by Gasteiger charge is -2.19. The Morgan fingerprint density at radius 1 is 1.25 bits per heavy atom. The Morgan fingerprint density at radius 2 is 1.90 bits per heavy atom. The summed E-state index contributed by atoms with van der Waals surface area (Å²) in [4.78, 5) is 15.5. The molecule has 2 unspecified atom stereocenters. The number of hydrogen-bond acceptors (Lipinski definition) is 3. The van der Waals surface area contributed by atoms with Crippen LogP contribution < -0.4 is 10.6 Å². The fourth-order valence-electron chi connectivity index (χ4n) is 1.94. The second-order valence-electron chi connectivity index (χ2n) is 5.17. The highest BCUT2D eigenvalue weighted by atomic mass is 16.5. The van der Waals surface area contributed by atoms with E-state index in [0.29, 0.717) is 12.5 Å². The highest BCUT2D eigenvalue weighted by Gasteiger charge is 2.13. The van der Waals surface area contributed by atoms with Crippen molar-refractivity contribution in [3.8, 4) is 0 Å². The van der Waals surface area contributed by atoms with Gasteiger partial charge < -0.3 is 15.4 Å². The summed E-state index contributed by atoms with van der Waals surface area (Å²) in [6, 6.07) is 0. The van der Waals surface area contributed by atoms with Crippen molar-refractivity contribution in [3.63, 3.8) is 0 Å². The molecule has 0 aliphatic carbocycles. The number of nitrogens with one attached hydrogen (secondary N) is 2. The van der Waals surface area contributed by atoms with Gasteiger partial charge in [-0.05, 0) is 12.3 Å². The fraction of sp³-hybridized carbons (Fsp3) is 0.867. The molecule has 0 fully saturated rings. The van der Waals surface area contributed by atoms with Gasteiger partial charge in [-0.3, -0.25) is 9.79 Å². The summed E-state index contributed by atoms with van der Waals surface area (Å²) in [6.07, 6.45) is 4.92. The Morgan fingerprint density at radius 3 is 2.40 bits per heavy atom. The van der Waals surface area contributed by atoms with Crippen molar-refractivity contribution in [2.24, 2.45) is 16.8 Å². The van der Waals surface area contributed by atoms with E-state index < -0.39 is 0 Å². The number of methoxy groups -OCH3 is 1. The van der Waals surface area contributed by atoms with Gasteiger partial charge in [0.1, 0.15) is 0 Å². The van der Waals surface area contributed by atoms with Crippen LogP contribution in [-0.4, -0.2) is 39.2 Å². The largest absolute Gasteiger partial charge is 0.469 e. The van der Waals surface area contributed by atoms with Gasteiger partial charge in [-0.25, -0.2) is 0 Å². The van der Waals surface area contributed by atoms with Crippen LogP contribution in [0.1, 0.15) is 46.5 Å². The average Bonchev–Trinajstić information content (AvgIpc) is 2.48. The summed E-state index contributed by atoms with van der Waals surface area (Å²) in [5.41, 5.74) is 0. The monoisotopic (exact) mass is 285 g/mol. The molecule has 0 aliphatic heterocycles. The molecule has 0 aromatic carbocycles. The Hall–Kier alpha value is -1.26. The van der Waals surface area contributed by atoms with Gasteiger partial charge in [0, 0.05) is 20.1 Å². The lowest BCUT2D eigenvalue weighted by atomic mass is 9.99. The molecular weight excluding hydrogens is 254 g/mol. The van der Waals surface area contributed by atoms with Gasteiger partial charge >= 0.3 is 5.97 Å². The number of esters is 1. The predicted molar refractivity (Wildman–Crippen MR) is 83.9 cm³/mol. The zero-order valence-electron chi connectivity index (χ0n) is 13.7. The number of aliphatic imine (C=N–C) groups is 1.